The second-order valence-corrected chi connectivity index (χ2v) is 9.71. The van der Waals surface area contributed by atoms with Crippen molar-refractivity contribution in [2.75, 3.05) is 19.8 Å². The number of carboxylic acids is 2. The summed E-state index contributed by atoms with van der Waals surface area (Å²) >= 11 is 0. The van der Waals surface area contributed by atoms with Gasteiger partial charge in [0.25, 0.3) is 5.91 Å². The number of benzene rings is 2. The molecule has 1 amide bonds. The highest BCUT2D eigenvalue weighted by molar-refractivity contribution is 5.88. The summed E-state index contributed by atoms with van der Waals surface area (Å²) in [6.45, 7) is 3.75. The normalized spacial score (nSPS) is 12.6. The SMILES string of the molecule is Cc1ccc(CCCCCOC(C(=O)NCCCCCc2ccc(F)cc2)C(OCC(=O)O)C(=O)O)cc1C. The topological polar surface area (TPSA) is 122 Å². The van der Waals surface area contributed by atoms with Crippen LogP contribution in [0.3, 0.4) is 0 Å². The molecule has 0 saturated carbocycles. The maximum Gasteiger partial charge on any atom is 0.336 e. The van der Waals surface area contributed by atoms with Crippen LogP contribution in [0.5, 0.6) is 0 Å². The molecule has 2 aromatic carbocycles. The third-order valence-electron chi connectivity index (χ3n) is 6.50. The van der Waals surface area contributed by atoms with Crippen molar-refractivity contribution in [3.8, 4) is 0 Å². The number of aliphatic carboxylic acids is 2. The second-order valence-electron chi connectivity index (χ2n) is 9.71. The Hall–Kier alpha value is -3.30. The number of carbonyl (C=O) groups is 3. The summed E-state index contributed by atoms with van der Waals surface area (Å²) in [6, 6.07) is 12.7. The van der Waals surface area contributed by atoms with Gasteiger partial charge < -0.3 is 25.0 Å². The van der Waals surface area contributed by atoms with Crippen LogP contribution in [0.2, 0.25) is 0 Å². The molecule has 0 aromatic heterocycles. The van der Waals surface area contributed by atoms with Crippen LogP contribution < -0.4 is 5.32 Å². The van der Waals surface area contributed by atoms with Gasteiger partial charge in [-0.05, 0) is 86.8 Å². The number of halogens is 1. The van der Waals surface area contributed by atoms with Crippen molar-refractivity contribution in [3.05, 3.63) is 70.5 Å². The summed E-state index contributed by atoms with van der Waals surface area (Å²) in [5.41, 5.74) is 4.78. The molecule has 2 aromatic rings. The largest absolute Gasteiger partial charge is 0.480 e. The fourth-order valence-electron chi connectivity index (χ4n) is 4.12. The molecule has 0 aliphatic heterocycles. The molecule has 39 heavy (non-hydrogen) atoms. The fourth-order valence-corrected chi connectivity index (χ4v) is 4.12. The average Bonchev–Trinajstić information content (AvgIpc) is 2.89. The van der Waals surface area contributed by atoms with E-state index in [2.05, 4.69) is 37.4 Å². The summed E-state index contributed by atoms with van der Waals surface area (Å²) in [5.74, 6) is -3.73. The van der Waals surface area contributed by atoms with Crippen LogP contribution in [0.4, 0.5) is 4.39 Å². The lowest BCUT2D eigenvalue weighted by molar-refractivity contribution is -0.172. The van der Waals surface area contributed by atoms with E-state index < -0.39 is 36.7 Å². The maximum atomic E-state index is 13.0. The number of hydrogen-bond acceptors (Lipinski definition) is 5. The highest BCUT2D eigenvalue weighted by Gasteiger charge is 2.36. The van der Waals surface area contributed by atoms with Gasteiger partial charge in [-0.1, -0.05) is 43.2 Å². The van der Waals surface area contributed by atoms with E-state index in [0.29, 0.717) is 19.4 Å². The van der Waals surface area contributed by atoms with Gasteiger partial charge in [0.2, 0.25) is 0 Å². The molecular formula is C30H40FNO7. The molecule has 0 fully saturated rings. The molecule has 2 atom stereocenters. The van der Waals surface area contributed by atoms with Gasteiger partial charge in [0.1, 0.15) is 12.4 Å². The minimum absolute atomic E-state index is 0.142. The number of amides is 1. The first-order valence-corrected chi connectivity index (χ1v) is 13.4. The Morgan fingerprint density at radius 3 is 2.08 bits per heavy atom. The Bertz CT molecular complexity index is 1060. The lowest BCUT2D eigenvalue weighted by Crippen LogP contribution is -2.49. The van der Waals surface area contributed by atoms with Crippen molar-refractivity contribution in [1.29, 1.82) is 0 Å². The van der Waals surface area contributed by atoms with Crippen LogP contribution in [0.15, 0.2) is 42.5 Å². The van der Waals surface area contributed by atoms with Crippen LogP contribution in [0.1, 0.15) is 60.8 Å². The smallest absolute Gasteiger partial charge is 0.336 e. The average molecular weight is 546 g/mol. The number of nitrogens with one attached hydrogen (secondary N) is 1. The number of carboxylic acid groups (broad SMARTS) is 2. The summed E-state index contributed by atoms with van der Waals surface area (Å²) < 4.78 is 23.7. The zero-order chi connectivity index (χ0) is 28.6. The molecule has 3 N–H and O–H groups in total. The number of unbranched alkanes of at least 4 members (excludes halogenated alkanes) is 4. The summed E-state index contributed by atoms with van der Waals surface area (Å²) in [5, 5.41) is 21.2. The lowest BCUT2D eigenvalue weighted by atomic mass is 10.0. The Balaban J connectivity index is 1.79. The summed E-state index contributed by atoms with van der Waals surface area (Å²) in [7, 11) is 0. The van der Waals surface area contributed by atoms with E-state index in [1.165, 1.54) is 28.8 Å². The zero-order valence-corrected chi connectivity index (χ0v) is 22.8. The zero-order valence-electron chi connectivity index (χ0n) is 22.8. The number of carbonyl (C=O) groups excluding carboxylic acids is 1. The van der Waals surface area contributed by atoms with Gasteiger partial charge in [-0.15, -0.1) is 0 Å². The van der Waals surface area contributed by atoms with E-state index in [-0.39, 0.29) is 12.4 Å². The van der Waals surface area contributed by atoms with Crippen molar-refractivity contribution < 1.29 is 38.5 Å². The molecule has 0 aliphatic carbocycles. The van der Waals surface area contributed by atoms with Gasteiger partial charge in [0.05, 0.1) is 0 Å². The van der Waals surface area contributed by atoms with E-state index in [1.54, 1.807) is 12.1 Å². The Kier molecular flexibility index (Phi) is 14.2. The first-order chi connectivity index (χ1) is 18.7. The molecule has 0 spiro atoms. The lowest BCUT2D eigenvalue weighted by Gasteiger charge is -2.23. The number of ether oxygens (including phenoxy) is 2. The van der Waals surface area contributed by atoms with Crippen molar-refractivity contribution in [2.45, 2.75) is 77.4 Å². The van der Waals surface area contributed by atoms with E-state index in [1.807, 2.05) is 0 Å². The molecule has 0 bridgehead atoms. The Morgan fingerprint density at radius 1 is 0.795 bits per heavy atom. The van der Waals surface area contributed by atoms with Crippen LogP contribution >= 0.6 is 0 Å². The predicted octanol–water partition coefficient (Wildman–Crippen LogP) is 4.62. The number of hydrogen-bond donors (Lipinski definition) is 3. The van der Waals surface area contributed by atoms with Crippen molar-refractivity contribution in [1.82, 2.24) is 5.32 Å². The maximum absolute atomic E-state index is 13.0. The second kappa shape index (κ2) is 17.3. The molecule has 2 unspecified atom stereocenters. The minimum atomic E-state index is -1.74. The molecule has 0 radical (unpaired) electrons. The fraction of sp³-hybridized carbons (Fsp3) is 0.500. The number of rotatable bonds is 19. The first-order valence-electron chi connectivity index (χ1n) is 13.4. The van der Waals surface area contributed by atoms with Crippen molar-refractivity contribution in [2.24, 2.45) is 0 Å². The van der Waals surface area contributed by atoms with E-state index in [0.717, 1.165) is 44.1 Å². The predicted molar refractivity (Wildman–Crippen MR) is 145 cm³/mol. The van der Waals surface area contributed by atoms with Gasteiger partial charge >= 0.3 is 11.9 Å². The van der Waals surface area contributed by atoms with Crippen LogP contribution in [0.25, 0.3) is 0 Å². The first kappa shape index (κ1) is 31.9. The van der Waals surface area contributed by atoms with Gasteiger partial charge in [-0.3, -0.25) is 4.79 Å². The van der Waals surface area contributed by atoms with E-state index >= 15 is 0 Å². The monoisotopic (exact) mass is 545 g/mol. The number of aryl methyl sites for hydroxylation is 4. The molecular weight excluding hydrogens is 505 g/mol. The van der Waals surface area contributed by atoms with Gasteiger partial charge in [0, 0.05) is 13.2 Å². The molecule has 8 nitrogen and oxygen atoms in total. The summed E-state index contributed by atoms with van der Waals surface area (Å²) in [6.07, 6.45) is 3.15. The van der Waals surface area contributed by atoms with Crippen LogP contribution in [0, 0.1) is 19.7 Å². The third kappa shape index (κ3) is 12.4. The quantitative estimate of drug-likeness (QED) is 0.220. The van der Waals surface area contributed by atoms with Gasteiger partial charge in [-0.2, -0.15) is 0 Å². The van der Waals surface area contributed by atoms with Crippen molar-refractivity contribution >= 4 is 17.8 Å². The van der Waals surface area contributed by atoms with Gasteiger partial charge in [0.15, 0.2) is 12.2 Å². The summed E-state index contributed by atoms with van der Waals surface area (Å²) in [4.78, 5) is 35.5. The molecule has 214 valence electrons. The minimum Gasteiger partial charge on any atom is -0.480 e. The molecule has 0 saturated heterocycles. The molecule has 0 heterocycles. The Morgan fingerprint density at radius 2 is 1.44 bits per heavy atom. The van der Waals surface area contributed by atoms with Crippen molar-refractivity contribution in [3.63, 3.8) is 0 Å². The van der Waals surface area contributed by atoms with E-state index in [9.17, 15) is 23.9 Å². The standard InChI is InChI=1S/C30H40FNO7/c1-21-11-12-24(19-22(21)2)10-6-4-8-18-38-27(28(30(36)37)39-20-26(33)34)29(35)32-17-7-3-5-9-23-13-15-25(31)16-14-23/h11-16,19,27-28H,3-10,17-18,20H2,1-2H3,(H,32,35)(H,33,34)(H,36,37). The van der Waals surface area contributed by atoms with E-state index in [4.69, 9.17) is 14.6 Å². The van der Waals surface area contributed by atoms with Crippen LogP contribution in [-0.2, 0) is 36.7 Å². The molecule has 9 heteroatoms. The van der Waals surface area contributed by atoms with Gasteiger partial charge in [-0.25, -0.2) is 14.0 Å². The van der Waals surface area contributed by atoms with Crippen LogP contribution in [-0.4, -0.2) is 60.0 Å². The highest BCUT2D eigenvalue weighted by atomic mass is 19.1. The third-order valence-corrected chi connectivity index (χ3v) is 6.50. The highest BCUT2D eigenvalue weighted by Crippen LogP contribution is 2.14. The Labute approximate surface area is 229 Å². The molecule has 0 aliphatic rings. The molecule has 2 rings (SSSR count).